The average Bonchev–Trinajstić information content (AvgIpc) is 2.26. The van der Waals surface area contributed by atoms with Crippen molar-refractivity contribution in [3.05, 3.63) is 30.3 Å². The molecule has 0 aliphatic carbocycles. The van der Waals surface area contributed by atoms with Crippen LogP contribution < -0.4 is 10.6 Å². The maximum absolute atomic E-state index is 11.7. The Balaban J connectivity index is 2.37. The van der Waals surface area contributed by atoms with Crippen LogP contribution in [0.15, 0.2) is 30.3 Å². The van der Waals surface area contributed by atoms with Gasteiger partial charge in [0.25, 0.3) is 0 Å². The molecule has 0 heterocycles. The number of anilines is 1. The molecule has 5 heteroatoms. The SMILES string of the molecule is CC(CC(=O)NC(=O)OC(C)(C)C)Nc1ccccc1. The van der Waals surface area contributed by atoms with Crippen molar-refractivity contribution >= 4 is 17.7 Å². The molecule has 0 aliphatic heterocycles. The predicted molar refractivity (Wildman–Crippen MR) is 78.5 cm³/mol. The average molecular weight is 278 g/mol. The van der Waals surface area contributed by atoms with E-state index in [9.17, 15) is 9.59 Å². The van der Waals surface area contributed by atoms with E-state index in [1.165, 1.54) is 0 Å². The molecule has 1 rings (SSSR count). The van der Waals surface area contributed by atoms with Crippen LogP contribution in [0.5, 0.6) is 0 Å². The van der Waals surface area contributed by atoms with Crippen molar-refractivity contribution in [2.75, 3.05) is 5.32 Å². The van der Waals surface area contributed by atoms with Gasteiger partial charge in [-0.2, -0.15) is 0 Å². The number of imide groups is 1. The molecular formula is C15H22N2O3. The predicted octanol–water partition coefficient (Wildman–Crippen LogP) is 2.93. The van der Waals surface area contributed by atoms with Gasteiger partial charge in [0.15, 0.2) is 0 Å². The molecule has 2 amide bonds. The Morgan fingerprint density at radius 2 is 1.80 bits per heavy atom. The summed E-state index contributed by atoms with van der Waals surface area (Å²) < 4.78 is 5.02. The highest BCUT2D eigenvalue weighted by Crippen LogP contribution is 2.09. The number of carbonyl (C=O) groups is 2. The first-order valence-electron chi connectivity index (χ1n) is 6.61. The molecule has 0 saturated heterocycles. The molecule has 1 atom stereocenters. The van der Waals surface area contributed by atoms with Gasteiger partial charge in [-0.15, -0.1) is 0 Å². The maximum atomic E-state index is 11.7. The number of nitrogens with one attached hydrogen (secondary N) is 2. The van der Waals surface area contributed by atoms with Gasteiger partial charge < -0.3 is 10.1 Å². The largest absolute Gasteiger partial charge is 0.444 e. The van der Waals surface area contributed by atoms with Crippen LogP contribution in [0.1, 0.15) is 34.1 Å². The van der Waals surface area contributed by atoms with Crippen molar-refractivity contribution in [1.29, 1.82) is 0 Å². The van der Waals surface area contributed by atoms with E-state index >= 15 is 0 Å². The van der Waals surface area contributed by atoms with E-state index in [2.05, 4.69) is 10.6 Å². The molecule has 0 bridgehead atoms. The topological polar surface area (TPSA) is 67.4 Å². The molecule has 0 saturated carbocycles. The summed E-state index contributed by atoms with van der Waals surface area (Å²) in [5.74, 6) is -0.366. The maximum Gasteiger partial charge on any atom is 0.414 e. The van der Waals surface area contributed by atoms with Gasteiger partial charge in [-0.05, 0) is 39.8 Å². The number of alkyl carbamates (subject to hydrolysis) is 1. The van der Waals surface area contributed by atoms with Crippen molar-refractivity contribution in [2.45, 2.75) is 45.8 Å². The van der Waals surface area contributed by atoms with E-state index in [0.29, 0.717) is 0 Å². The normalized spacial score (nSPS) is 12.4. The van der Waals surface area contributed by atoms with Gasteiger partial charge >= 0.3 is 6.09 Å². The fourth-order valence-electron chi connectivity index (χ4n) is 1.62. The molecule has 20 heavy (non-hydrogen) atoms. The number of amides is 2. The molecule has 1 aromatic rings. The Kier molecular flexibility index (Phi) is 5.55. The van der Waals surface area contributed by atoms with E-state index in [1.54, 1.807) is 20.8 Å². The summed E-state index contributed by atoms with van der Waals surface area (Å²) in [5.41, 5.74) is 0.322. The highest BCUT2D eigenvalue weighted by Gasteiger charge is 2.19. The molecule has 2 N–H and O–H groups in total. The molecule has 0 radical (unpaired) electrons. The number of benzene rings is 1. The lowest BCUT2D eigenvalue weighted by molar-refractivity contribution is -0.120. The minimum absolute atomic E-state index is 0.0835. The summed E-state index contributed by atoms with van der Waals surface area (Å²) in [6.07, 6.45) is -0.525. The molecule has 0 fully saturated rings. The van der Waals surface area contributed by atoms with Crippen LogP contribution in [-0.4, -0.2) is 23.6 Å². The highest BCUT2D eigenvalue weighted by molar-refractivity contribution is 5.92. The Bertz CT molecular complexity index is 452. The first-order valence-corrected chi connectivity index (χ1v) is 6.61. The molecular weight excluding hydrogens is 256 g/mol. The summed E-state index contributed by atoms with van der Waals surface area (Å²) in [6, 6.07) is 9.50. The Morgan fingerprint density at radius 3 is 2.35 bits per heavy atom. The van der Waals surface area contributed by atoms with Crippen LogP contribution in [-0.2, 0) is 9.53 Å². The van der Waals surface area contributed by atoms with Crippen molar-refractivity contribution in [1.82, 2.24) is 5.32 Å². The second-order valence-corrected chi connectivity index (χ2v) is 5.67. The Labute approximate surface area is 119 Å². The Hall–Kier alpha value is -2.04. The lowest BCUT2D eigenvalue weighted by Crippen LogP contribution is -2.38. The fourth-order valence-corrected chi connectivity index (χ4v) is 1.62. The lowest BCUT2D eigenvalue weighted by atomic mass is 10.2. The Morgan fingerprint density at radius 1 is 1.20 bits per heavy atom. The van der Waals surface area contributed by atoms with E-state index in [4.69, 9.17) is 4.74 Å². The summed E-state index contributed by atoms with van der Waals surface area (Å²) in [7, 11) is 0. The third-order valence-electron chi connectivity index (χ3n) is 2.32. The molecule has 0 aromatic heterocycles. The van der Waals surface area contributed by atoms with E-state index in [-0.39, 0.29) is 18.4 Å². The second-order valence-electron chi connectivity index (χ2n) is 5.67. The number of para-hydroxylation sites is 1. The van der Waals surface area contributed by atoms with Crippen molar-refractivity contribution in [3.63, 3.8) is 0 Å². The van der Waals surface area contributed by atoms with Gasteiger partial charge in [0.2, 0.25) is 5.91 Å². The van der Waals surface area contributed by atoms with Crippen LogP contribution in [0.25, 0.3) is 0 Å². The number of carbonyl (C=O) groups excluding carboxylic acids is 2. The van der Waals surface area contributed by atoms with E-state index < -0.39 is 11.7 Å². The monoisotopic (exact) mass is 278 g/mol. The van der Waals surface area contributed by atoms with Crippen LogP contribution in [0.3, 0.4) is 0 Å². The second kappa shape index (κ2) is 6.93. The van der Waals surface area contributed by atoms with Crippen molar-refractivity contribution < 1.29 is 14.3 Å². The van der Waals surface area contributed by atoms with Gasteiger partial charge in [0.1, 0.15) is 5.60 Å². The zero-order valence-corrected chi connectivity index (χ0v) is 12.4. The summed E-state index contributed by atoms with van der Waals surface area (Å²) in [5, 5.41) is 5.39. The number of hydrogen-bond donors (Lipinski definition) is 2. The smallest absolute Gasteiger partial charge is 0.414 e. The number of ether oxygens (including phenoxy) is 1. The fraction of sp³-hybridized carbons (Fsp3) is 0.467. The molecule has 110 valence electrons. The van der Waals surface area contributed by atoms with Crippen molar-refractivity contribution in [2.24, 2.45) is 0 Å². The van der Waals surface area contributed by atoms with Gasteiger partial charge in [-0.1, -0.05) is 18.2 Å². The lowest BCUT2D eigenvalue weighted by Gasteiger charge is -2.20. The summed E-state index contributed by atoms with van der Waals surface area (Å²) in [4.78, 5) is 23.1. The minimum Gasteiger partial charge on any atom is -0.444 e. The third-order valence-corrected chi connectivity index (χ3v) is 2.32. The summed E-state index contributed by atoms with van der Waals surface area (Å²) in [6.45, 7) is 7.12. The molecule has 0 aliphatic rings. The van der Waals surface area contributed by atoms with E-state index in [1.807, 2.05) is 37.3 Å². The zero-order valence-electron chi connectivity index (χ0n) is 12.4. The molecule has 1 aromatic carbocycles. The first-order chi connectivity index (χ1) is 9.26. The molecule has 0 spiro atoms. The summed E-state index contributed by atoms with van der Waals surface area (Å²) >= 11 is 0. The van der Waals surface area contributed by atoms with Crippen LogP contribution in [0.4, 0.5) is 10.5 Å². The van der Waals surface area contributed by atoms with Crippen LogP contribution >= 0.6 is 0 Å². The van der Waals surface area contributed by atoms with Gasteiger partial charge in [-0.25, -0.2) is 4.79 Å². The van der Waals surface area contributed by atoms with Gasteiger partial charge in [0.05, 0.1) is 0 Å². The van der Waals surface area contributed by atoms with Crippen molar-refractivity contribution in [3.8, 4) is 0 Å². The van der Waals surface area contributed by atoms with Crippen LogP contribution in [0.2, 0.25) is 0 Å². The highest BCUT2D eigenvalue weighted by atomic mass is 16.6. The first kappa shape index (κ1) is 16.0. The minimum atomic E-state index is -0.714. The van der Waals surface area contributed by atoms with Gasteiger partial charge in [0, 0.05) is 18.2 Å². The third kappa shape index (κ3) is 6.78. The van der Waals surface area contributed by atoms with E-state index in [0.717, 1.165) is 5.69 Å². The number of rotatable bonds is 4. The molecule has 5 nitrogen and oxygen atoms in total. The molecule has 1 unspecified atom stereocenters. The zero-order chi connectivity index (χ0) is 15.2. The quantitative estimate of drug-likeness (QED) is 0.888. The standard InChI is InChI=1S/C15H22N2O3/c1-11(16-12-8-6-5-7-9-12)10-13(18)17-14(19)20-15(2,3)4/h5-9,11,16H,10H2,1-4H3,(H,17,18,19). The van der Waals surface area contributed by atoms with Gasteiger partial charge in [-0.3, -0.25) is 10.1 Å². The number of hydrogen-bond acceptors (Lipinski definition) is 4. The van der Waals surface area contributed by atoms with Crippen LogP contribution in [0, 0.1) is 0 Å².